The smallest absolute Gasteiger partial charge is 0.325 e. The average molecular weight is 445 g/mol. The van der Waals surface area contributed by atoms with Crippen LogP contribution in [0.2, 0.25) is 0 Å². The Hall–Kier alpha value is -2.78. The lowest BCUT2D eigenvalue weighted by molar-refractivity contribution is -0.141. The molecule has 0 unspecified atom stereocenters. The van der Waals surface area contributed by atoms with E-state index in [0.717, 1.165) is 22.4 Å². The molecule has 30 heavy (non-hydrogen) atoms. The Morgan fingerprint density at radius 2 is 1.97 bits per heavy atom. The van der Waals surface area contributed by atoms with Crippen LogP contribution in [0.3, 0.4) is 0 Å². The summed E-state index contributed by atoms with van der Waals surface area (Å²) in [7, 11) is 1.33. The zero-order valence-electron chi connectivity index (χ0n) is 16.3. The summed E-state index contributed by atoms with van der Waals surface area (Å²) >= 11 is 3.05. The molecule has 156 valence electrons. The van der Waals surface area contributed by atoms with E-state index >= 15 is 0 Å². The number of hydrogen-bond donors (Lipinski definition) is 0. The lowest BCUT2D eigenvalue weighted by atomic mass is 10.3. The van der Waals surface area contributed by atoms with E-state index in [4.69, 9.17) is 14.2 Å². The summed E-state index contributed by atoms with van der Waals surface area (Å²) in [5.41, 5.74) is 0.751. The second-order valence-electron chi connectivity index (χ2n) is 6.49. The van der Waals surface area contributed by atoms with Crippen molar-refractivity contribution in [2.45, 2.75) is 24.3 Å². The predicted molar refractivity (Wildman–Crippen MR) is 115 cm³/mol. The van der Waals surface area contributed by atoms with Crippen molar-refractivity contribution in [3.8, 4) is 11.5 Å². The third kappa shape index (κ3) is 4.68. The number of fused-ring (bicyclic) bond motifs is 2. The zero-order chi connectivity index (χ0) is 20.9. The molecular weight excluding hydrogens is 424 g/mol. The molecule has 2 heterocycles. The SMILES string of the molecule is COC(=O)Cn1c(=NC(=O)CCCSc2ccccc2)sc2cc3c(cc21)OCO3. The van der Waals surface area contributed by atoms with Crippen molar-refractivity contribution in [1.82, 2.24) is 4.57 Å². The molecule has 0 spiro atoms. The molecular formula is C21H20N2O5S2. The molecule has 0 radical (unpaired) electrons. The number of rotatable bonds is 7. The summed E-state index contributed by atoms with van der Waals surface area (Å²) in [6, 6.07) is 13.7. The van der Waals surface area contributed by atoms with Crippen LogP contribution in [0.4, 0.5) is 0 Å². The number of thiazole rings is 1. The van der Waals surface area contributed by atoms with Gasteiger partial charge in [0, 0.05) is 23.4 Å². The van der Waals surface area contributed by atoms with Crippen LogP contribution >= 0.6 is 23.1 Å². The summed E-state index contributed by atoms with van der Waals surface area (Å²) in [4.78, 5) is 30.3. The molecule has 1 amide bonds. The van der Waals surface area contributed by atoms with Gasteiger partial charge in [0.15, 0.2) is 16.3 Å². The second kappa shape index (κ2) is 9.36. The van der Waals surface area contributed by atoms with Crippen LogP contribution in [-0.2, 0) is 20.9 Å². The summed E-state index contributed by atoms with van der Waals surface area (Å²) < 4.78 is 18.2. The first-order valence-corrected chi connectivity index (χ1v) is 11.2. The van der Waals surface area contributed by atoms with Gasteiger partial charge in [-0.3, -0.25) is 9.59 Å². The number of carbonyl (C=O) groups is 2. The van der Waals surface area contributed by atoms with Crippen LogP contribution in [0.5, 0.6) is 11.5 Å². The van der Waals surface area contributed by atoms with E-state index < -0.39 is 5.97 Å². The highest BCUT2D eigenvalue weighted by Gasteiger charge is 2.19. The Labute approximate surface area is 181 Å². The molecule has 0 N–H and O–H groups in total. The standard InChI is InChI=1S/C21H20N2O5S2/c1-26-20(25)12-23-15-10-16-17(28-13-27-16)11-18(15)30-21(23)22-19(24)8-5-9-29-14-6-3-2-4-7-14/h2-4,6-7,10-11H,5,8-9,12-13H2,1H3. The molecule has 1 aliphatic heterocycles. The number of methoxy groups -OCH3 is 1. The first-order chi connectivity index (χ1) is 14.6. The normalized spacial score (nSPS) is 13.0. The number of thioether (sulfide) groups is 1. The quantitative estimate of drug-likeness (QED) is 0.315. The Bertz CT molecular complexity index is 1140. The maximum absolute atomic E-state index is 12.5. The van der Waals surface area contributed by atoms with E-state index in [1.165, 1.54) is 23.3 Å². The Morgan fingerprint density at radius 3 is 2.73 bits per heavy atom. The van der Waals surface area contributed by atoms with Crippen molar-refractivity contribution < 1.29 is 23.8 Å². The van der Waals surface area contributed by atoms with Gasteiger partial charge in [-0.2, -0.15) is 4.99 Å². The largest absolute Gasteiger partial charge is 0.468 e. The Morgan fingerprint density at radius 1 is 1.20 bits per heavy atom. The van der Waals surface area contributed by atoms with E-state index in [2.05, 4.69) is 17.1 Å². The first kappa shape index (κ1) is 20.5. The van der Waals surface area contributed by atoms with Crippen LogP contribution in [0.25, 0.3) is 10.2 Å². The fourth-order valence-electron chi connectivity index (χ4n) is 2.98. The third-order valence-electron chi connectivity index (χ3n) is 4.46. The third-order valence-corrected chi connectivity index (χ3v) is 6.60. The van der Waals surface area contributed by atoms with E-state index in [1.807, 2.05) is 24.3 Å². The molecule has 2 aromatic carbocycles. The Kier molecular flexibility index (Phi) is 6.39. The van der Waals surface area contributed by atoms with Gasteiger partial charge in [-0.1, -0.05) is 29.5 Å². The fraction of sp³-hybridized carbons (Fsp3) is 0.286. The van der Waals surface area contributed by atoms with Crippen molar-refractivity contribution in [1.29, 1.82) is 0 Å². The van der Waals surface area contributed by atoms with Crippen LogP contribution in [0.1, 0.15) is 12.8 Å². The van der Waals surface area contributed by atoms with Gasteiger partial charge < -0.3 is 18.8 Å². The van der Waals surface area contributed by atoms with Gasteiger partial charge in [0.05, 0.1) is 17.3 Å². The van der Waals surface area contributed by atoms with E-state index in [9.17, 15) is 9.59 Å². The molecule has 9 heteroatoms. The molecule has 0 bridgehead atoms. The number of esters is 1. The number of carbonyl (C=O) groups excluding carboxylic acids is 2. The summed E-state index contributed by atoms with van der Waals surface area (Å²) in [5, 5.41) is 0. The molecule has 0 saturated heterocycles. The van der Waals surface area contributed by atoms with Crippen LogP contribution in [0.15, 0.2) is 52.4 Å². The van der Waals surface area contributed by atoms with Crippen molar-refractivity contribution in [3.63, 3.8) is 0 Å². The maximum Gasteiger partial charge on any atom is 0.325 e. The van der Waals surface area contributed by atoms with E-state index in [-0.39, 0.29) is 19.2 Å². The van der Waals surface area contributed by atoms with Crippen molar-refractivity contribution in [3.05, 3.63) is 47.3 Å². The summed E-state index contributed by atoms with van der Waals surface area (Å²) in [5.74, 6) is 1.45. The minimum Gasteiger partial charge on any atom is -0.468 e. The number of nitrogens with zero attached hydrogens (tertiary/aromatic N) is 2. The van der Waals surface area contributed by atoms with Crippen molar-refractivity contribution in [2.75, 3.05) is 19.7 Å². The molecule has 1 aliphatic rings. The Balaban J connectivity index is 1.52. The van der Waals surface area contributed by atoms with Gasteiger partial charge in [0.2, 0.25) is 12.7 Å². The minimum atomic E-state index is -0.416. The highest BCUT2D eigenvalue weighted by Crippen LogP contribution is 2.37. The van der Waals surface area contributed by atoms with Crippen molar-refractivity contribution in [2.24, 2.45) is 4.99 Å². The van der Waals surface area contributed by atoms with Gasteiger partial charge in [-0.05, 0) is 24.3 Å². The lowest BCUT2D eigenvalue weighted by Gasteiger charge is -2.04. The molecule has 0 atom stereocenters. The zero-order valence-corrected chi connectivity index (χ0v) is 18.0. The molecule has 0 fully saturated rings. The maximum atomic E-state index is 12.5. The van der Waals surface area contributed by atoms with Crippen LogP contribution in [-0.4, -0.2) is 36.1 Å². The van der Waals surface area contributed by atoms with Gasteiger partial charge in [-0.15, -0.1) is 11.8 Å². The molecule has 7 nitrogen and oxygen atoms in total. The van der Waals surface area contributed by atoms with Crippen molar-refractivity contribution >= 4 is 45.2 Å². The number of amides is 1. The molecule has 0 saturated carbocycles. The summed E-state index contributed by atoms with van der Waals surface area (Å²) in [6.07, 6.45) is 1.06. The van der Waals surface area contributed by atoms with Gasteiger partial charge >= 0.3 is 5.97 Å². The van der Waals surface area contributed by atoms with Crippen LogP contribution < -0.4 is 14.3 Å². The number of ether oxygens (including phenoxy) is 3. The molecule has 4 rings (SSSR count). The minimum absolute atomic E-state index is 0.0356. The van der Waals surface area contributed by atoms with Gasteiger partial charge in [0.1, 0.15) is 6.54 Å². The van der Waals surface area contributed by atoms with E-state index in [1.54, 1.807) is 22.4 Å². The first-order valence-electron chi connectivity index (χ1n) is 9.39. The lowest BCUT2D eigenvalue weighted by Crippen LogP contribution is -2.22. The monoisotopic (exact) mass is 444 g/mol. The number of benzene rings is 2. The number of hydrogen-bond acceptors (Lipinski definition) is 7. The van der Waals surface area contributed by atoms with E-state index in [0.29, 0.717) is 22.7 Å². The van der Waals surface area contributed by atoms with Gasteiger partial charge in [-0.25, -0.2) is 0 Å². The molecule has 1 aromatic heterocycles. The fourth-order valence-corrected chi connectivity index (χ4v) is 4.91. The van der Waals surface area contributed by atoms with Crippen LogP contribution in [0, 0.1) is 0 Å². The number of aromatic nitrogens is 1. The summed E-state index contributed by atoms with van der Waals surface area (Å²) in [6.45, 7) is 0.131. The average Bonchev–Trinajstić information content (AvgIpc) is 3.34. The van der Waals surface area contributed by atoms with Gasteiger partial charge in [0.25, 0.3) is 0 Å². The highest BCUT2D eigenvalue weighted by molar-refractivity contribution is 7.99. The predicted octanol–water partition coefficient (Wildman–Crippen LogP) is 3.60. The highest BCUT2D eigenvalue weighted by atomic mass is 32.2. The molecule has 0 aliphatic carbocycles. The second-order valence-corrected chi connectivity index (χ2v) is 8.67. The molecule has 3 aromatic rings. The topological polar surface area (TPSA) is 79.1 Å².